The lowest BCUT2D eigenvalue weighted by Crippen LogP contribution is -2.38. The van der Waals surface area contributed by atoms with Gasteiger partial charge in [-0.2, -0.15) is 4.31 Å². The molecule has 0 saturated heterocycles. The number of carboxylic acid groups (broad SMARTS) is 1. The number of carboxylic acids is 1. The van der Waals surface area contributed by atoms with Crippen LogP contribution < -0.4 is 5.32 Å². The number of furan rings is 1. The highest BCUT2D eigenvalue weighted by Crippen LogP contribution is 2.15. The van der Waals surface area contributed by atoms with Gasteiger partial charge in [-0.3, -0.25) is 4.79 Å². The van der Waals surface area contributed by atoms with Crippen LogP contribution in [0.15, 0.2) is 45.7 Å². The van der Waals surface area contributed by atoms with Crippen LogP contribution in [0.1, 0.15) is 21.9 Å². The maximum absolute atomic E-state index is 12.3. The number of hydrogen-bond acceptors (Lipinski definition) is 5. The fourth-order valence-electron chi connectivity index (χ4n) is 2.14. The Hall–Kier alpha value is -2.65. The summed E-state index contributed by atoms with van der Waals surface area (Å²) >= 11 is 0. The predicted octanol–water partition coefficient (Wildman–Crippen LogP) is 1.22. The van der Waals surface area contributed by atoms with Gasteiger partial charge >= 0.3 is 5.97 Å². The SMILES string of the molecule is Cc1oc(CNC(=O)CN(C)S(=O)(=O)c2ccccc2)cc1C(=O)O. The lowest BCUT2D eigenvalue weighted by Gasteiger charge is -2.16. The summed E-state index contributed by atoms with van der Waals surface area (Å²) in [5.74, 6) is -1.14. The molecule has 2 rings (SSSR count). The van der Waals surface area contributed by atoms with E-state index in [-0.39, 0.29) is 35.1 Å². The van der Waals surface area contributed by atoms with E-state index in [1.165, 1.54) is 32.2 Å². The van der Waals surface area contributed by atoms with Crippen molar-refractivity contribution < 1.29 is 27.5 Å². The average molecular weight is 366 g/mol. The molecule has 0 unspecified atom stereocenters. The van der Waals surface area contributed by atoms with Crippen molar-refractivity contribution in [2.75, 3.05) is 13.6 Å². The summed E-state index contributed by atoms with van der Waals surface area (Å²) in [6.07, 6.45) is 0. The summed E-state index contributed by atoms with van der Waals surface area (Å²) < 4.78 is 30.8. The Kier molecular flexibility index (Phi) is 5.60. The number of aryl methyl sites for hydroxylation is 1. The lowest BCUT2D eigenvalue weighted by molar-refractivity contribution is -0.121. The van der Waals surface area contributed by atoms with Crippen molar-refractivity contribution in [2.24, 2.45) is 0 Å². The molecule has 1 aromatic carbocycles. The van der Waals surface area contributed by atoms with Crippen LogP contribution in [-0.4, -0.2) is 43.3 Å². The molecule has 0 bridgehead atoms. The molecule has 1 amide bonds. The van der Waals surface area contributed by atoms with Gasteiger partial charge in [-0.05, 0) is 25.1 Å². The molecule has 134 valence electrons. The first-order chi connectivity index (χ1) is 11.7. The summed E-state index contributed by atoms with van der Waals surface area (Å²) in [6, 6.07) is 9.11. The minimum atomic E-state index is -3.76. The van der Waals surface area contributed by atoms with Crippen LogP contribution in [0.2, 0.25) is 0 Å². The third-order valence-electron chi connectivity index (χ3n) is 3.48. The van der Waals surface area contributed by atoms with Crippen molar-refractivity contribution >= 4 is 21.9 Å². The Balaban J connectivity index is 1.96. The lowest BCUT2D eigenvalue weighted by atomic mass is 10.2. The molecule has 8 nitrogen and oxygen atoms in total. The minimum absolute atomic E-state index is 0.0213. The number of hydrogen-bond donors (Lipinski definition) is 2. The highest BCUT2D eigenvalue weighted by atomic mass is 32.2. The van der Waals surface area contributed by atoms with Gasteiger partial charge in [0.2, 0.25) is 15.9 Å². The van der Waals surface area contributed by atoms with Gasteiger partial charge in [-0.25, -0.2) is 13.2 Å². The van der Waals surface area contributed by atoms with Gasteiger partial charge in [-0.15, -0.1) is 0 Å². The largest absolute Gasteiger partial charge is 0.478 e. The number of carbonyl (C=O) groups is 2. The summed E-state index contributed by atoms with van der Waals surface area (Å²) in [4.78, 5) is 23.0. The van der Waals surface area contributed by atoms with Gasteiger partial charge in [0.15, 0.2) is 0 Å². The fraction of sp³-hybridized carbons (Fsp3) is 0.250. The highest BCUT2D eigenvalue weighted by Gasteiger charge is 2.22. The molecule has 0 radical (unpaired) electrons. The number of benzene rings is 1. The van der Waals surface area contributed by atoms with Gasteiger partial charge in [0.05, 0.1) is 18.0 Å². The summed E-state index contributed by atoms with van der Waals surface area (Å²) in [5, 5.41) is 11.5. The van der Waals surface area contributed by atoms with Crippen molar-refractivity contribution in [3.63, 3.8) is 0 Å². The Bertz CT molecular complexity index is 873. The molecule has 1 heterocycles. The number of carbonyl (C=O) groups excluding carboxylic acids is 1. The third-order valence-corrected chi connectivity index (χ3v) is 5.29. The molecule has 2 aromatic rings. The molecule has 0 aliphatic rings. The van der Waals surface area contributed by atoms with Gasteiger partial charge < -0.3 is 14.8 Å². The predicted molar refractivity (Wildman–Crippen MR) is 88.5 cm³/mol. The highest BCUT2D eigenvalue weighted by molar-refractivity contribution is 7.89. The summed E-state index contributed by atoms with van der Waals surface area (Å²) in [6.45, 7) is 1.10. The van der Waals surface area contributed by atoms with Gasteiger partial charge in [0.25, 0.3) is 0 Å². The molecular formula is C16H18N2O6S. The zero-order valence-electron chi connectivity index (χ0n) is 13.7. The molecule has 0 fully saturated rings. The topological polar surface area (TPSA) is 117 Å². The van der Waals surface area contributed by atoms with Crippen LogP contribution >= 0.6 is 0 Å². The van der Waals surface area contributed by atoms with Crippen LogP contribution in [0, 0.1) is 6.92 Å². The second kappa shape index (κ2) is 7.49. The number of aromatic carboxylic acids is 1. The molecule has 0 aliphatic heterocycles. The molecule has 2 N–H and O–H groups in total. The van der Waals surface area contributed by atoms with Crippen LogP contribution in [0.5, 0.6) is 0 Å². The Morgan fingerprint density at radius 3 is 2.44 bits per heavy atom. The number of likely N-dealkylation sites (N-methyl/N-ethyl adjacent to an activating group) is 1. The molecule has 0 aliphatic carbocycles. The zero-order valence-corrected chi connectivity index (χ0v) is 14.5. The third kappa shape index (κ3) is 4.46. The standard InChI is InChI=1S/C16H18N2O6S/c1-11-14(16(20)21)8-12(24-11)9-17-15(19)10-18(2)25(22,23)13-6-4-3-5-7-13/h3-8H,9-10H2,1-2H3,(H,17,19)(H,20,21). The molecule has 25 heavy (non-hydrogen) atoms. The molecule has 0 saturated carbocycles. The van der Waals surface area contributed by atoms with E-state index in [4.69, 9.17) is 9.52 Å². The normalized spacial score (nSPS) is 11.5. The van der Waals surface area contributed by atoms with Crippen molar-refractivity contribution in [3.8, 4) is 0 Å². The number of amides is 1. The summed E-state index contributed by atoms with van der Waals surface area (Å²) in [5.41, 5.74) is 0.0213. The van der Waals surface area contributed by atoms with Gasteiger partial charge in [-0.1, -0.05) is 18.2 Å². The Labute approximate surface area is 145 Å². The average Bonchev–Trinajstić information content (AvgIpc) is 2.95. The molecule has 1 aromatic heterocycles. The number of nitrogens with one attached hydrogen (secondary N) is 1. The second-order valence-electron chi connectivity index (χ2n) is 5.34. The molecule has 9 heteroatoms. The van der Waals surface area contributed by atoms with E-state index in [9.17, 15) is 18.0 Å². The van der Waals surface area contributed by atoms with E-state index in [0.717, 1.165) is 4.31 Å². The van der Waals surface area contributed by atoms with E-state index in [2.05, 4.69) is 5.32 Å². The van der Waals surface area contributed by atoms with E-state index in [0.29, 0.717) is 0 Å². The quantitative estimate of drug-likeness (QED) is 0.761. The van der Waals surface area contributed by atoms with Crippen molar-refractivity contribution in [3.05, 3.63) is 53.5 Å². The maximum Gasteiger partial charge on any atom is 0.339 e. The number of sulfonamides is 1. The van der Waals surface area contributed by atoms with Crippen LogP contribution in [-0.2, 0) is 21.4 Å². The van der Waals surface area contributed by atoms with Crippen LogP contribution in [0.3, 0.4) is 0 Å². The van der Waals surface area contributed by atoms with Crippen LogP contribution in [0.4, 0.5) is 0 Å². The van der Waals surface area contributed by atoms with Crippen molar-refractivity contribution in [1.82, 2.24) is 9.62 Å². The molecule has 0 atom stereocenters. The Morgan fingerprint density at radius 2 is 1.88 bits per heavy atom. The first-order valence-electron chi connectivity index (χ1n) is 7.32. The Morgan fingerprint density at radius 1 is 1.24 bits per heavy atom. The summed E-state index contributed by atoms with van der Waals surface area (Å²) in [7, 11) is -2.45. The zero-order chi connectivity index (χ0) is 18.6. The minimum Gasteiger partial charge on any atom is -0.478 e. The van der Waals surface area contributed by atoms with E-state index in [1.807, 2.05) is 0 Å². The maximum atomic E-state index is 12.3. The number of rotatable bonds is 7. The van der Waals surface area contributed by atoms with E-state index >= 15 is 0 Å². The van der Waals surface area contributed by atoms with Crippen LogP contribution in [0.25, 0.3) is 0 Å². The second-order valence-corrected chi connectivity index (χ2v) is 7.38. The first-order valence-corrected chi connectivity index (χ1v) is 8.76. The van der Waals surface area contributed by atoms with Gasteiger partial charge in [0, 0.05) is 7.05 Å². The monoisotopic (exact) mass is 366 g/mol. The smallest absolute Gasteiger partial charge is 0.339 e. The van der Waals surface area contributed by atoms with E-state index in [1.54, 1.807) is 18.2 Å². The van der Waals surface area contributed by atoms with E-state index < -0.39 is 21.9 Å². The molecule has 0 spiro atoms. The fourth-order valence-corrected chi connectivity index (χ4v) is 3.29. The first kappa shape index (κ1) is 18.7. The van der Waals surface area contributed by atoms with Gasteiger partial charge in [0.1, 0.15) is 17.1 Å². The number of nitrogens with zero attached hydrogens (tertiary/aromatic N) is 1. The van der Waals surface area contributed by atoms with Crippen molar-refractivity contribution in [2.45, 2.75) is 18.4 Å². The van der Waals surface area contributed by atoms with Crippen molar-refractivity contribution in [1.29, 1.82) is 0 Å². The molecular weight excluding hydrogens is 348 g/mol.